The molecule has 0 aliphatic rings. The maximum absolute atomic E-state index is 11.6. The summed E-state index contributed by atoms with van der Waals surface area (Å²) in [5, 5.41) is 10.5. The lowest BCUT2D eigenvalue weighted by atomic mass is 10.2. The van der Waals surface area contributed by atoms with Gasteiger partial charge in [-0.15, -0.1) is 0 Å². The first kappa shape index (κ1) is 13.1. The number of ether oxygens (including phenoxy) is 1. The van der Waals surface area contributed by atoms with Crippen LogP contribution < -0.4 is 0 Å². The van der Waals surface area contributed by atoms with Gasteiger partial charge >= 0.3 is 5.97 Å². The topological polar surface area (TPSA) is 95.2 Å². The van der Waals surface area contributed by atoms with Crippen molar-refractivity contribution in [2.24, 2.45) is 0 Å². The van der Waals surface area contributed by atoms with Gasteiger partial charge in [-0.3, -0.25) is 10.1 Å². The number of hydrogen-bond donors (Lipinski definition) is 0. The molecule has 1 aromatic carbocycles. The summed E-state index contributed by atoms with van der Waals surface area (Å²) in [7, 11) is 0. The lowest BCUT2D eigenvalue weighted by Gasteiger charge is -2.03. The SMILES string of the molecule is Cc1nsnc1C(=O)OCc1ccc([N+](=O)[O-])cc1. The molecule has 98 valence electrons. The zero-order valence-corrected chi connectivity index (χ0v) is 10.7. The number of aryl methyl sites for hydroxylation is 1. The second-order valence-corrected chi connectivity index (χ2v) is 4.23. The van der Waals surface area contributed by atoms with Crippen molar-refractivity contribution in [1.29, 1.82) is 0 Å². The van der Waals surface area contributed by atoms with Crippen LogP contribution in [0, 0.1) is 17.0 Å². The first-order chi connectivity index (χ1) is 9.08. The van der Waals surface area contributed by atoms with E-state index in [1.807, 2.05) is 0 Å². The minimum Gasteiger partial charge on any atom is -0.456 e. The Kier molecular flexibility index (Phi) is 3.81. The maximum Gasteiger partial charge on any atom is 0.360 e. The Morgan fingerprint density at radius 3 is 2.58 bits per heavy atom. The van der Waals surface area contributed by atoms with E-state index >= 15 is 0 Å². The van der Waals surface area contributed by atoms with Gasteiger partial charge < -0.3 is 4.74 Å². The monoisotopic (exact) mass is 279 g/mol. The number of nitro groups is 1. The molecule has 0 spiro atoms. The summed E-state index contributed by atoms with van der Waals surface area (Å²) >= 11 is 0.946. The lowest BCUT2D eigenvalue weighted by molar-refractivity contribution is -0.384. The third-order valence-corrected chi connectivity index (χ3v) is 2.98. The number of nitro benzene ring substituents is 1. The average Bonchev–Trinajstić information content (AvgIpc) is 2.83. The summed E-state index contributed by atoms with van der Waals surface area (Å²) < 4.78 is 12.8. The van der Waals surface area contributed by atoms with Crippen LogP contribution in [0.25, 0.3) is 0 Å². The normalized spacial score (nSPS) is 10.2. The lowest BCUT2D eigenvalue weighted by Crippen LogP contribution is -2.07. The molecular weight excluding hydrogens is 270 g/mol. The second kappa shape index (κ2) is 5.53. The Bertz CT molecular complexity index is 609. The van der Waals surface area contributed by atoms with Crippen molar-refractivity contribution in [3.8, 4) is 0 Å². The van der Waals surface area contributed by atoms with Gasteiger partial charge in [0, 0.05) is 12.1 Å². The molecule has 2 rings (SSSR count). The van der Waals surface area contributed by atoms with Gasteiger partial charge in [-0.1, -0.05) is 0 Å². The highest BCUT2D eigenvalue weighted by molar-refractivity contribution is 6.99. The highest BCUT2D eigenvalue weighted by atomic mass is 32.1. The van der Waals surface area contributed by atoms with Crippen molar-refractivity contribution in [2.75, 3.05) is 0 Å². The van der Waals surface area contributed by atoms with Crippen LogP contribution in [-0.4, -0.2) is 19.6 Å². The fourth-order valence-electron chi connectivity index (χ4n) is 1.35. The van der Waals surface area contributed by atoms with Crippen molar-refractivity contribution < 1.29 is 14.5 Å². The molecule has 0 amide bonds. The molecule has 19 heavy (non-hydrogen) atoms. The van der Waals surface area contributed by atoms with Gasteiger partial charge in [0.25, 0.3) is 5.69 Å². The number of carbonyl (C=O) groups is 1. The molecule has 0 unspecified atom stereocenters. The summed E-state index contributed by atoms with van der Waals surface area (Å²) in [5.74, 6) is -0.551. The quantitative estimate of drug-likeness (QED) is 0.483. The standard InChI is InChI=1S/C11H9N3O4S/c1-7-10(13-19-12-7)11(15)18-6-8-2-4-9(5-3-8)14(16)17/h2-5H,6H2,1H3. The second-order valence-electron chi connectivity index (χ2n) is 3.70. The Balaban J connectivity index is 1.97. The zero-order chi connectivity index (χ0) is 13.8. The van der Waals surface area contributed by atoms with Gasteiger partial charge in [0.2, 0.25) is 0 Å². The predicted octanol–water partition coefficient (Wildman–Crippen LogP) is 2.11. The molecule has 0 radical (unpaired) electrons. The van der Waals surface area contributed by atoms with Gasteiger partial charge in [-0.05, 0) is 24.6 Å². The number of benzene rings is 1. The molecule has 1 heterocycles. The van der Waals surface area contributed by atoms with Crippen LogP contribution in [0.1, 0.15) is 21.7 Å². The predicted molar refractivity (Wildman–Crippen MR) is 66.9 cm³/mol. The van der Waals surface area contributed by atoms with E-state index < -0.39 is 10.9 Å². The largest absolute Gasteiger partial charge is 0.456 e. The van der Waals surface area contributed by atoms with E-state index in [9.17, 15) is 14.9 Å². The van der Waals surface area contributed by atoms with Gasteiger partial charge in [-0.2, -0.15) is 8.75 Å². The fourth-order valence-corrected chi connectivity index (χ4v) is 1.89. The first-order valence-corrected chi connectivity index (χ1v) is 6.00. The van der Waals surface area contributed by atoms with Gasteiger partial charge in [-0.25, -0.2) is 4.79 Å². The molecule has 0 atom stereocenters. The molecule has 1 aromatic heterocycles. The molecule has 8 heteroatoms. The van der Waals surface area contributed by atoms with Crippen molar-refractivity contribution in [3.63, 3.8) is 0 Å². The molecule has 7 nitrogen and oxygen atoms in total. The summed E-state index contributed by atoms with van der Waals surface area (Å²) in [6.07, 6.45) is 0. The van der Waals surface area contributed by atoms with Crippen molar-refractivity contribution in [1.82, 2.24) is 8.75 Å². The van der Waals surface area contributed by atoms with E-state index in [0.717, 1.165) is 11.7 Å². The number of non-ortho nitro benzene ring substituents is 1. The number of rotatable bonds is 4. The summed E-state index contributed by atoms with van der Waals surface area (Å²) in [4.78, 5) is 21.6. The Morgan fingerprint density at radius 2 is 2.05 bits per heavy atom. The van der Waals surface area contributed by atoms with Crippen LogP contribution in [0.4, 0.5) is 5.69 Å². The van der Waals surface area contributed by atoms with E-state index in [-0.39, 0.29) is 18.0 Å². The Morgan fingerprint density at radius 1 is 1.37 bits per heavy atom. The molecule has 0 N–H and O–H groups in total. The number of nitrogens with zero attached hydrogens (tertiary/aromatic N) is 3. The average molecular weight is 279 g/mol. The maximum atomic E-state index is 11.6. The Labute approximate surface area is 112 Å². The Hall–Kier alpha value is -2.35. The third kappa shape index (κ3) is 3.10. The van der Waals surface area contributed by atoms with Crippen LogP contribution in [0.2, 0.25) is 0 Å². The van der Waals surface area contributed by atoms with Crippen LogP contribution in [0.3, 0.4) is 0 Å². The fraction of sp³-hybridized carbons (Fsp3) is 0.182. The van der Waals surface area contributed by atoms with Crippen LogP contribution in [0.5, 0.6) is 0 Å². The van der Waals surface area contributed by atoms with E-state index in [2.05, 4.69) is 8.75 Å². The molecule has 2 aromatic rings. The number of esters is 1. The van der Waals surface area contributed by atoms with Crippen molar-refractivity contribution in [3.05, 3.63) is 51.3 Å². The third-order valence-electron chi connectivity index (χ3n) is 2.36. The highest BCUT2D eigenvalue weighted by Gasteiger charge is 2.15. The number of aromatic nitrogens is 2. The number of carbonyl (C=O) groups excluding carboxylic acids is 1. The molecule has 0 aliphatic heterocycles. The highest BCUT2D eigenvalue weighted by Crippen LogP contribution is 2.13. The van der Waals surface area contributed by atoms with Crippen LogP contribution in [0.15, 0.2) is 24.3 Å². The summed E-state index contributed by atoms with van der Waals surface area (Å²) in [5.41, 5.74) is 1.39. The van der Waals surface area contributed by atoms with Crippen molar-refractivity contribution >= 4 is 23.4 Å². The van der Waals surface area contributed by atoms with E-state index in [1.54, 1.807) is 6.92 Å². The minimum atomic E-state index is -0.551. The van der Waals surface area contributed by atoms with Gasteiger partial charge in [0.05, 0.1) is 22.3 Å². The van der Waals surface area contributed by atoms with Crippen LogP contribution >= 0.6 is 11.7 Å². The van der Waals surface area contributed by atoms with E-state index in [1.165, 1.54) is 24.3 Å². The smallest absolute Gasteiger partial charge is 0.360 e. The number of hydrogen-bond acceptors (Lipinski definition) is 7. The van der Waals surface area contributed by atoms with Crippen molar-refractivity contribution in [2.45, 2.75) is 13.5 Å². The summed E-state index contributed by atoms with van der Waals surface area (Å²) in [6.45, 7) is 1.71. The molecule has 0 aliphatic carbocycles. The van der Waals surface area contributed by atoms with E-state index in [4.69, 9.17) is 4.74 Å². The van der Waals surface area contributed by atoms with Crippen LogP contribution in [-0.2, 0) is 11.3 Å². The van der Waals surface area contributed by atoms with Gasteiger partial charge in [0.1, 0.15) is 6.61 Å². The zero-order valence-electron chi connectivity index (χ0n) is 9.90. The molecule has 0 bridgehead atoms. The molecule has 0 saturated carbocycles. The molecular formula is C11H9N3O4S. The van der Waals surface area contributed by atoms with Gasteiger partial charge in [0.15, 0.2) is 5.69 Å². The summed E-state index contributed by atoms with van der Waals surface area (Å²) in [6, 6.07) is 5.80. The molecule has 0 fully saturated rings. The molecule has 0 saturated heterocycles. The first-order valence-electron chi connectivity index (χ1n) is 5.27. The minimum absolute atomic E-state index is 0.00498. The van der Waals surface area contributed by atoms with E-state index in [0.29, 0.717) is 11.3 Å².